The van der Waals surface area contributed by atoms with Gasteiger partial charge in [-0.2, -0.15) is 0 Å². The van der Waals surface area contributed by atoms with E-state index in [9.17, 15) is 24.0 Å². The quantitative estimate of drug-likeness (QED) is 0.214. The van der Waals surface area contributed by atoms with E-state index in [0.29, 0.717) is 43.8 Å². The van der Waals surface area contributed by atoms with Crippen LogP contribution in [-0.4, -0.2) is 109 Å². The van der Waals surface area contributed by atoms with Gasteiger partial charge >= 0.3 is 6.09 Å². The van der Waals surface area contributed by atoms with Gasteiger partial charge in [0.1, 0.15) is 11.4 Å². The molecule has 1 aromatic rings. The minimum Gasteiger partial charge on any atom is -0.494 e. The Bertz CT molecular complexity index is 1160. The molecule has 0 aromatic heterocycles. The number of piperidine rings is 1. The standard InChI is InChI=1S/C33H50N4O8/c1-24-9-11-27(19-29(24)31(41)37(23-39)25(2)10-12-30(40)34-22-38)43-18-8-6-7-15-35-16-13-26(14-17-35)44-28-20-36(21-28)32(42)45-33(3,4)5/h9,11,19,22-23,25-26,28H,6-8,10,12-18,20-21H2,1-5H3,(H,34,38,40). The van der Waals surface area contributed by atoms with Gasteiger partial charge in [-0.3, -0.25) is 29.4 Å². The molecule has 2 aliphatic heterocycles. The fraction of sp³-hybridized carbons (Fsp3) is 0.667. The Kier molecular flexibility index (Phi) is 13.8. The molecule has 2 aliphatic rings. The summed E-state index contributed by atoms with van der Waals surface area (Å²) in [5.74, 6) is -0.354. The molecule has 2 heterocycles. The highest BCUT2D eigenvalue weighted by Crippen LogP contribution is 2.23. The number of amides is 5. The van der Waals surface area contributed by atoms with Crippen molar-refractivity contribution >= 4 is 30.7 Å². The van der Waals surface area contributed by atoms with E-state index in [1.807, 2.05) is 26.8 Å². The molecule has 1 unspecified atom stereocenters. The molecule has 0 saturated carbocycles. The van der Waals surface area contributed by atoms with Crippen LogP contribution in [-0.2, 0) is 23.9 Å². The zero-order valence-electron chi connectivity index (χ0n) is 27.4. The van der Waals surface area contributed by atoms with Crippen LogP contribution in [0.5, 0.6) is 5.75 Å². The average molecular weight is 631 g/mol. The number of carbonyl (C=O) groups excluding carboxylic acids is 5. The second-order valence-electron chi connectivity index (χ2n) is 13.0. The lowest BCUT2D eigenvalue weighted by atomic mass is 10.1. The maximum absolute atomic E-state index is 13.1. The lowest BCUT2D eigenvalue weighted by molar-refractivity contribution is -0.126. The molecular weight excluding hydrogens is 580 g/mol. The SMILES string of the molecule is Cc1ccc(OCCCCCN2CCC(OC3CN(C(=O)OC(C)(C)C)C3)CC2)cc1C(=O)N(C=O)C(C)CCC(=O)NC=O. The van der Waals surface area contributed by atoms with Gasteiger partial charge in [-0.25, -0.2) is 4.79 Å². The van der Waals surface area contributed by atoms with E-state index in [1.54, 1.807) is 30.9 Å². The summed E-state index contributed by atoms with van der Waals surface area (Å²) in [5.41, 5.74) is 0.601. The molecule has 2 saturated heterocycles. The Balaban J connectivity index is 1.30. The number of carbonyl (C=O) groups is 5. The molecular formula is C33H50N4O8. The number of aryl methyl sites for hydroxylation is 1. The Morgan fingerprint density at radius 1 is 1.07 bits per heavy atom. The van der Waals surface area contributed by atoms with Crippen LogP contribution >= 0.6 is 0 Å². The molecule has 0 aliphatic carbocycles. The van der Waals surface area contributed by atoms with Crippen LogP contribution in [0, 0.1) is 6.92 Å². The lowest BCUT2D eigenvalue weighted by Gasteiger charge is -2.42. The smallest absolute Gasteiger partial charge is 0.410 e. The van der Waals surface area contributed by atoms with Crippen LogP contribution in [0.3, 0.4) is 0 Å². The molecule has 12 heteroatoms. The summed E-state index contributed by atoms with van der Waals surface area (Å²) in [6.07, 6.45) is 6.07. The van der Waals surface area contributed by atoms with Crippen LogP contribution in [0.15, 0.2) is 18.2 Å². The molecule has 1 aromatic carbocycles. The molecule has 3 rings (SSSR count). The first-order valence-electron chi connectivity index (χ1n) is 16.0. The second-order valence-corrected chi connectivity index (χ2v) is 13.0. The second kappa shape index (κ2) is 17.3. The van der Waals surface area contributed by atoms with E-state index in [-0.39, 0.29) is 31.1 Å². The number of likely N-dealkylation sites (tertiary alicyclic amines) is 2. The summed E-state index contributed by atoms with van der Waals surface area (Å²) >= 11 is 0. The van der Waals surface area contributed by atoms with Gasteiger partial charge in [-0.05, 0) is 97.4 Å². The van der Waals surface area contributed by atoms with Crippen LogP contribution < -0.4 is 10.1 Å². The van der Waals surface area contributed by atoms with Gasteiger partial charge in [0.05, 0.1) is 31.9 Å². The van der Waals surface area contributed by atoms with Gasteiger partial charge in [0, 0.05) is 31.1 Å². The van der Waals surface area contributed by atoms with E-state index >= 15 is 0 Å². The van der Waals surface area contributed by atoms with Crippen molar-refractivity contribution in [3.8, 4) is 5.75 Å². The van der Waals surface area contributed by atoms with Gasteiger partial charge in [0.25, 0.3) is 5.91 Å². The van der Waals surface area contributed by atoms with Crippen molar-refractivity contribution in [1.82, 2.24) is 20.0 Å². The average Bonchev–Trinajstić information content (AvgIpc) is 2.96. The Labute approximate surface area is 266 Å². The highest BCUT2D eigenvalue weighted by molar-refractivity contribution is 6.01. The number of nitrogens with zero attached hydrogens (tertiary/aromatic N) is 3. The normalized spacial score (nSPS) is 16.8. The van der Waals surface area contributed by atoms with Crippen molar-refractivity contribution in [2.75, 3.05) is 39.3 Å². The summed E-state index contributed by atoms with van der Waals surface area (Å²) in [6, 6.07) is 4.75. The third-order valence-corrected chi connectivity index (χ3v) is 8.08. The highest BCUT2D eigenvalue weighted by atomic mass is 16.6. The number of nitrogens with one attached hydrogen (secondary N) is 1. The van der Waals surface area contributed by atoms with E-state index in [1.165, 1.54) is 0 Å². The molecule has 12 nitrogen and oxygen atoms in total. The van der Waals surface area contributed by atoms with Crippen molar-refractivity contribution in [3.05, 3.63) is 29.3 Å². The maximum atomic E-state index is 13.1. The molecule has 1 N–H and O–H groups in total. The number of benzene rings is 1. The van der Waals surface area contributed by atoms with Crippen molar-refractivity contribution in [2.45, 2.75) is 103 Å². The largest absolute Gasteiger partial charge is 0.494 e. The number of imide groups is 2. The first-order chi connectivity index (χ1) is 21.4. The molecule has 45 heavy (non-hydrogen) atoms. The van der Waals surface area contributed by atoms with Gasteiger partial charge in [-0.1, -0.05) is 6.07 Å². The van der Waals surface area contributed by atoms with Crippen LogP contribution in [0.4, 0.5) is 4.79 Å². The molecule has 2 fully saturated rings. The molecule has 1 atom stereocenters. The Morgan fingerprint density at radius 2 is 1.78 bits per heavy atom. The predicted molar refractivity (Wildman–Crippen MR) is 168 cm³/mol. The van der Waals surface area contributed by atoms with Crippen molar-refractivity contribution in [2.24, 2.45) is 0 Å². The molecule has 0 bridgehead atoms. The van der Waals surface area contributed by atoms with Crippen LogP contribution in [0.25, 0.3) is 0 Å². The molecule has 0 spiro atoms. The van der Waals surface area contributed by atoms with Crippen LogP contribution in [0.1, 0.15) is 88.6 Å². The van der Waals surface area contributed by atoms with E-state index in [0.717, 1.165) is 62.2 Å². The minimum absolute atomic E-state index is 0.0183. The minimum atomic E-state index is -0.519. The van der Waals surface area contributed by atoms with Gasteiger partial charge in [0.2, 0.25) is 18.7 Å². The molecule has 250 valence electrons. The monoisotopic (exact) mass is 630 g/mol. The van der Waals surface area contributed by atoms with Gasteiger partial charge in [-0.15, -0.1) is 0 Å². The van der Waals surface area contributed by atoms with Gasteiger partial charge in [0.15, 0.2) is 0 Å². The zero-order valence-corrected chi connectivity index (χ0v) is 27.4. The Morgan fingerprint density at radius 3 is 2.42 bits per heavy atom. The van der Waals surface area contributed by atoms with Crippen molar-refractivity contribution in [3.63, 3.8) is 0 Å². The molecule has 0 radical (unpaired) electrons. The third kappa shape index (κ3) is 11.7. The topological polar surface area (TPSA) is 135 Å². The first kappa shape index (κ1) is 36.0. The van der Waals surface area contributed by atoms with Crippen molar-refractivity contribution in [1.29, 1.82) is 0 Å². The number of unbranched alkanes of at least 4 members (excludes halogenated alkanes) is 2. The van der Waals surface area contributed by atoms with E-state index in [4.69, 9.17) is 14.2 Å². The summed E-state index contributed by atoms with van der Waals surface area (Å²) in [7, 11) is 0. The maximum Gasteiger partial charge on any atom is 0.410 e. The van der Waals surface area contributed by atoms with Crippen LogP contribution in [0.2, 0.25) is 0 Å². The predicted octanol–water partition coefficient (Wildman–Crippen LogP) is 3.68. The fourth-order valence-electron chi connectivity index (χ4n) is 5.37. The first-order valence-corrected chi connectivity index (χ1v) is 16.0. The van der Waals surface area contributed by atoms with Gasteiger partial charge < -0.3 is 24.0 Å². The van der Waals surface area contributed by atoms with E-state index in [2.05, 4.69) is 10.2 Å². The number of hydrogen-bond acceptors (Lipinski definition) is 9. The Hall–Kier alpha value is -3.51. The number of ether oxygens (including phenoxy) is 3. The summed E-state index contributed by atoms with van der Waals surface area (Å²) < 4.78 is 17.6. The highest BCUT2D eigenvalue weighted by Gasteiger charge is 2.36. The lowest BCUT2D eigenvalue weighted by Crippen LogP contribution is -2.57. The number of hydrogen-bond donors (Lipinski definition) is 1. The summed E-state index contributed by atoms with van der Waals surface area (Å²) in [5, 5.41) is 2.06. The zero-order chi connectivity index (χ0) is 33.0. The number of rotatable bonds is 16. The van der Waals surface area contributed by atoms with E-state index < -0.39 is 23.5 Å². The van der Waals surface area contributed by atoms with Crippen molar-refractivity contribution < 1.29 is 38.2 Å². The summed E-state index contributed by atoms with van der Waals surface area (Å²) in [6.45, 7) is 13.8. The summed E-state index contributed by atoms with van der Waals surface area (Å²) in [4.78, 5) is 64.2. The third-order valence-electron chi connectivity index (χ3n) is 8.08. The molecule has 5 amide bonds. The fourth-order valence-corrected chi connectivity index (χ4v) is 5.37.